The molecule has 0 spiro atoms. The molecule has 0 aliphatic carbocycles. The summed E-state index contributed by atoms with van der Waals surface area (Å²) in [5.74, 6) is 0.0961. The molecule has 2 nitrogen and oxygen atoms in total. The second-order valence-electron chi connectivity index (χ2n) is 3.90. The fourth-order valence-corrected chi connectivity index (χ4v) is 1.55. The number of rotatable bonds is 1. The lowest BCUT2D eigenvalue weighted by atomic mass is 10.0. The smallest absolute Gasteiger partial charge is 0.151 e. The first-order valence-electron chi connectivity index (χ1n) is 5.73. The van der Waals surface area contributed by atoms with Crippen LogP contribution in [0.3, 0.4) is 0 Å². The minimum atomic E-state index is -0.240. The van der Waals surface area contributed by atoms with E-state index in [1.807, 2.05) is 26.8 Å². The monoisotopic (exact) mass is 224 g/mol. The molecule has 90 valence electrons. The van der Waals surface area contributed by atoms with Gasteiger partial charge in [-0.3, -0.25) is 5.10 Å². The first-order chi connectivity index (χ1) is 7.59. The molecule has 0 saturated carbocycles. The van der Waals surface area contributed by atoms with Gasteiger partial charge in [0.25, 0.3) is 0 Å². The van der Waals surface area contributed by atoms with Gasteiger partial charge < -0.3 is 0 Å². The van der Waals surface area contributed by atoms with Gasteiger partial charge in [0, 0.05) is 12.5 Å². The molecule has 3 heteroatoms. The van der Waals surface area contributed by atoms with Crippen molar-refractivity contribution < 1.29 is 5.82 Å². The fourth-order valence-electron chi connectivity index (χ4n) is 1.55. The van der Waals surface area contributed by atoms with E-state index in [1.165, 1.54) is 0 Å². The number of hydrogen-bond acceptors (Lipinski definition) is 1. The molecule has 0 aliphatic rings. The van der Waals surface area contributed by atoms with Crippen LogP contribution in [0.25, 0.3) is 10.9 Å². The Balaban J connectivity index is 0.000000811. The van der Waals surface area contributed by atoms with Gasteiger partial charge in [-0.15, -0.1) is 0 Å². The molecule has 0 radical (unpaired) electrons. The highest BCUT2D eigenvalue weighted by molar-refractivity contribution is 5.82. The Morgan fingerprint density at radius 1 is 1.31 bits per heavy atom. The van der Waals surface area contributed by atoms with Crippen LogP contribution < -0.4 is 0 Å². The molecule has 2 rings (SSSR count). The number of benzene rings is 1. The molecule has 0 amide bonds. The highest BCUT2D eigenvalue weighted by Crippen LogP contribution is 2.24. The number of halogens is 1. The molecule has 1 aromatic carbocycles. The summed E-state index contributed by atoms with van der Waals surface area (Å²) in [7, 11) is 0. The zero-order chi connectivity index (χ0) is 12.3. The van der Waals surface area contributed by atoms with Crippen molar-refractivity contribution in [2.24, 2.45) is 0 Å². The summed E-state index contributed by atoms with van der Waals surface area (Å²) >= 11 is 0. The zero-order valence-corrected chi connectivity index (χ0v) is 10.6. The summed E-state index contributed by atoms with van der Waals surface area (Å²) in [5.41, 5.74) is 2.37. The Kier molecular flexibility index (Phi) is 4.05. The standard InChI is InChI=1S/C11H13FN2.C2H6.H2/c1-6(2)8-4-9-7(3)13-14-11(9)10(12)5-8;1-2;/h4-6H,1-3H3,(H,13,14);1-2H3;1H. The first-order valence-corrected chi connectivity index (χ1v) is 5.73. The molecule has 0 unspecified atom stereocenters. The molecule has 0 aliphatic heterocycles. The number of aryl methyl sites for hydroxylation is 1. The van der Waals surface area contributed by atoms with Gasteiger partial charge in [0.1, 0.15) is 5.52 Å². The Labute approximate surface area is 97.4 Å². The van der Waals surface area contributed by atoms with Crippen LogP contribution in [0.2, 0.25) is 0 Å². The summed E-state index contributed by atoms with van der Waals surface area (Å²) in [5, 5.41) is 7.59. The number of aromatic amines is 1. The van der Waals surface area contributed by atoms with E-state index in [9.17, 15) is 4.39 Å². The van der Waals surface area contributed by atoms with Crippen molar-refractivity contribution in [1.82, 2.24) is 10.2 Å². The average Bonchev–Trinajstić information content (AvgIpc) is 2.64. The quantitative estimate of drug-likeness (QED) is 0.763. The van der Waals surface area contributed by atoms with Crippen LogP contribution in [-0.2, 0) is 0 Å². The Bertz CT molecular complexity index is 477. The van der Waals surface area contributed by atoms with Crippen LogP contribution in [-0.4, -0.2) is 10.2 Å². The van der Waals surface area contributed by atoms with E-state index in [0.717, 1.165) is 16.6 Å². The number of H-pyrrole nitrogens is 1. The van der Waals surface area contributed by atoms with Crippen molar-refractivity contribution in [3.8, 4) is 0 Å². The molecule has 0 atom stereocenters. The minimum Gasteiger partial charge on any atom is -0.282 e. The van der Waals surface area contributed by atoms with E-state index >= 15 is 0 Å². The van der Waals surface area contributed by atoms with Gasteiger partial charge in [0.05, 0.1) is 0 Å². The molecule has 16 heavy (non-hydrogen) atoms. The van der Waals surface area contributed by atoms with Gasteiger partial charge in [0.2, 0.25) is 0 Å². The molecular weight excluding hydrogens is 203 g/mol. The van der Waals surface area contributed by atoms with Crippen molar-refractivity contribution in [2.75, 3.05) is 0 Å². The number of nitrogens with zero attached hydrogens (tertiary/aromatic N) is 1. The molecule has 1 aromatic heterocycles. The van der Waals surface area contributed by atoms with E-state index < -0.39 is 0 Å². The van der Waals surface area contributed by atoms with Gasteiger partial charge in [-0.05, 0) is 30.5 Å². The van der Waals surface area contributed by atoms with Gasteiger partial charge in [-0.25, -0.2) is 4.39 Å². The topological polar surface area (TPSA) is 28.7 Å². The summed E-state index contributed by atoms with van der Waals surface area (Å²) in [6, 6.07) is 3.56. The maximum atomic E-state index is 13.5. The summed E-state index contributed by atoms with van der Waals surface area (Å²) < 4.78 is 13.5. The van der Waals surface area contributed by atoms with E-state index in [1.54, 1.807) is 6.07 Å². The van der Waals surface area contributed by atoms with Gasteiger partial charge >= 0.3 is 0 Å². The highest BCUT2D eigenvalue weighted by Gasteiger charge is 2.10. The largest absolute Gasteiger partial charge is 0.282 e. The summed E-state index contributed by atoms with van der Waals surface area (Å²) in [6.07, 6.45) is 0. The molecular formula is C13H21FN2. The van der Waals surface area contributed by atoms with Crippen LogP contribution >= 0.6 is 0 Å². The van der Waals surface area contributed by atoms with E-state index in [-0.39, 0.29) is 7.24 Å². The van der Waals surface area contributed by atoms with Crippen molar-refractivity contribution in [1.29, 1.82) is 0 Å². The average molecular weight is 224 g/mol. The summed E-state index contributed by atoms with van der Waals surface area (Å²) in [4.78, 5) is 0. The second-order valence-corrected chi connectivity index (χ2v) is 3.90. The molecule has 0 fully saturated rings. The van der Waals surface area contributed by atoms with Gasteiger partial charge in [-0.1, -0.05) is 27.7 Å². The predicted molar refractivity (Wildman–Crippen MR) is 68.3 cm³/mol. The molecule has 1 heterocycles. The van der Waals surface area contributed by atoms with E-state index in [0.29, 0.717) is 11.4 Å². The number of hydrogen-bond donors (Lipinski definition) is 1. The molecule has 2 aromatic rings. The highest BCUT2D eigenvalue weighted by atomic mass is 19.1. The third kappa shape index (κ3) is 2.23. The SMILES string of the molecule is CC.Cc1[nH]nc2c(F)cc(C(C)C)cc12.[HH]. The Hall–Kier alpha value is -1.38. The number of nitrogens with one attached hydrogen (secondary N) is 1. The third-order valence-electron chi connectivity index (χ3n) is 2.49. The van der Waals surface area contributed by atoms with Crippen molar-refractivity contribution in [3.05, 3.63) is 29.2 Å². The molecule has 1 N–H and O–H groups in total. The maximum Gasteiger partial charge on any atom is 0.151 e. The van der Waals surface area contributed by atoms with Crippen molar-refractivity contribution in [2.45, 2.75) is 40.5 Å². The van der Waals surface area contributed by atoms with E-state index in [2.05, 4.69) is 24.0 Å². The second kappa shape index (κ2) is 5.10. The molecule has 0 saturated heterocycles. The van der Waals surface area contributed by atoms with Gasteiger partial charge in [0.15, 0.2) is 5.82 Å². The lowest BCUT2D eigenvalue weighted by Gasteiger charge is -2.05. The van der Waals surface area contributed by atoms with Crippen LogP contribution in [0.4, 0.5) is 4.39 Å². The van der Waals surface area contributed by atoms with Crippen LogP contribution in [0, 0.1) is 12.7 Å². The van der Waals surface area contributed by atoms with Crippen LogP contribution in [0.15, 0.2) is 12.1 Å². The first kappa shape index (κ1) is 12.7. The van der Waals surface area contributed by atoms with Crippen molar-refractivity contribution >= 4 is 10.9 Å². The van der Waals surface area contributed by atoms with Crippen molar-refractivity contribution in [3.63, 3.8) is 0 Å². The fraction of sp³-hybridized carbons (Fsp3) is 0.462. The predicted octanol–water partition coefficient (Wildman–Crippen LogP) is 4.41. The Morgan fingerprint density at radius 3 is 2.50 bits per heavy atom. The zero-order valence-electron chi connectivity index (χ0n) is 10.6. The summed E-state index contributed by atoms with van der Waals surface area (Å²) in [6.45, 7) is 10.0. The normalized spacial score (nSPS) is 10.4. The molecule has 0 bridgehead atoms. The lowest BCUT2D eigenvalue weighted by Crippen LogP contribution is -1.89. The van der Waals surface area contributed by atoms with Crippen LogP contribution in [0.5, 0.6) is 0 Å². The van der Waals surface area contributed by atoms with Gasteiger partial charge in [-0.2, -0.15) is 5.10 Å². The number of fused-ring (bicyclic) bond motifs is 1. The Morgan fingerprint density at radius 2 is 1.94 bits per heavy atom. The minimum absolute atomic E-state index is 0. The third-order valence-corrected chi connectivity index (χ3v) is 2.49. The maximum absolute atomic E-state index is 13.5. The number of aromatic nitrogens is 2. The lowest BCUT2D eigenvalue weighted by molar-refractivity contribution is 0.632. The van der Waals surface area contributed by atoms with Crippen LogP contribution in [0.1, 0.15) is 46.3 Å². The van der Waals surface area contributed by atoms with E-state index in [4.69, 9.17) is 0 Å².